The molecule has 0 saturated heterocycles. The van der Waals surface area contributed by atoms with Gasteiger partial charge in [0, 0.05) is 21.1 Å². The van der Waals surface area contributed by atoms with Crippen molar-refractivity contribution in [2.45, 2.75) is 19.4 Å². The maximum atomic E-state index is 10.5. The fraction of sp³-hybridized carbons (Fsp3) is 0.167. The molecule has 0 fully saturated rings. The molecule has 0 radical (unpaired) electrons. The molecule has 0 spiro atoms. The molecule has 106 valence electrons. The molecule has 3 aromatic rings. The zero-order valence-electron chi connectivity index (χ0n) is 11.8. The van der Waals surface area contributed by atoms with E-state index in [9.17, 15) is 5.11 Å². The highest BCUT2D eigenvalue weighted by Crippen LogP contribution is 2.25. The van der Waals surface area contributed by atoms with E-state index in [0.29, 0.717) is 6.42 Å². The molecule has 2 nitrogen and oxygen atoms in total. The Bertz CT molecular complexity index is 785. The molecule has 21 heavy (non-hydrogen) atoms. The first-order chi connectivity index (χ1) is 10.1. The first-order valence-electron chi connectivity index (χ1n) is 6.93. The minimum absolute atomic E-state index is 0.523. The highest BCUT2D eigenvalue weighted by molar-refractivity contribution is 14.1. The lowest BCUT2D eigenvalue weighted by Crippen LogP contribution is -2.06. The standard InChI is InChI=1S/C18H16INO/c1-12-5-4-7-15(18(12)19)17(21)11-14-10-9-13-6-2-3-8-16(13)20-14/h2-10,17,21H,11H2,1H3. The van der Waals surface area contributed by atoms with Crippen molar-refractivity contribution in [3.63, 3.8) is 0 Å². The summed E-state index contributed by atoms with van der Waals surface area (Å²) in [5.74, 6) is 0. The predicted molar refractivity (Wildman–Crippen MR) is 94.3 cm³/mol. The second kappa shape index (κ2) is 6.12. The number of nitrogens with zero attached hydrogens (tertiary/aromatic N) is 1. The van der Waals surface area contributed by atoms with Crippen LogP contribution in [0.25, 0.3) is 10.9 Å². The van der Waals surface area contributed by atoms with Gasteiger partial charge in [0.15, 0.2) is 0 Å². The SMILES string of the molecule is Cc1cccc(C(O)Cc2ccc3ccccc3n2)c1I. The topological polar surface area (TPSA) is 33.1 Å². The minimum atomic E-state index is -0.523. The van der Waals surface area contributed by atoms with Crippen LogP contribution in [0, 0.1) is 10.5 Å². The fourth-order valence-electron chi connectivity index (χ4n) is 2.46. The number of hydrogen-bond donors (Lipinski definition) is 1. The van der Waals surface area contributed by atoms with E-state index in [1.54, 1.807) is 0 Å². The molecule has 1 aromatic heterocycles. The molecule has 0 saturated carbocycles. The Morgan fingerprint density at radius 3 is 2.71 bits per heavy atom. The van der Waals surface area contributed by atoms with Crippen LogP contribution in [0.2, 0.25) is 0 Å². The number of para-hydroxylation sites is 1. The quantitative estimate of drug-likeness (QED) is 0.673. The monoisotopic (exact) mass is 389 g/mol. The van der Waals surface area contributed by atoms with Crippen molar-refractivity contribution in [1.82, 2.24) is 4.98 Å². The number of aliphatic hydroxyl groups excluding tert-OH is 1. The first-order valence-corrected chi connectivity index (χ1v) is 8.01. The predicted octanol–water partition coefficient (Wildman–Crippen LogP) is 4.42. The average Bonchev–Trinajstić information content (AvgIpc) is 2.50. The smallest absolute Gasteiger partial charge is 0.0855 e. The molecule has 2 aromatic carbocycles. The van der Waals surface area contributed by atoms with Gasteiger partial charge in [-0.15, -0.1) is 0 Å². The number of aliphatic hydroxyl groups is 1. The van der Waals surface area contributed by atoms with Gasteiger partial charge in [-0.2, -0.15) is 0 Å². The Morgan fingerprint density at radius 2 is 1.86 bits per heavy atom. The van der Waals surface area contributed by atoms with Gasteiger partial charge in [0.2, 0.25) is 0 Å². The van der Waals surface area contributed by atoms with Crippen LogP contribution in [0.4, 0.5) is 0 Å². The van der Waals surface area contributed by atoms with Gasteiger partial charge >= 0.3 is 0 Å². The number of rotatable bonds is 3. The van der Waals surface area contributed by atoms with E-state index in [1.807, 2.05) is 42.5 Å². The number of hydrogen-bond acceptors (Lipinski definition) is 2. The fourth-order valence-corrected chi connectivity index (χ4v) is 3.18. The molecular formula is C18H16INO. The van der Waals surface area contributed by atoms with Gasteiger partial charge in [0.1, 0.15) is 0 Å². The molecule has 0 aliphatic carbocycles. The van der Waals surface area contributed by atoms with Gasteiger partial charge in [-0.05, 0) is 52.8 Å². The van der Waals surface area contributed by atoms with E-state index >= 15 is 0 Å². The van der Waals surface area contributed by atoms with Crippen LogP contribution >= 0.6 is 22.6 Å². The molecule has 1 heterocycles. The van der Waals surface area contributed by atoms with Crippen LogP contribution in [0.15, 0.2) is 54.6 Å². The summed E-state index contributed by atoms with van der Waals surface area (Å²) in [5.41, 5.74) is 4.06. The third-order valence-corrected chi connectivity index (χ3v) is 5.11. The van der Waals surface area contributed by atoms with E-state index in [2.05, 4.69) is 46.6 Å². The van der Waals surface area contributed by atoms with Crippen molar-refractivity contribution in [3.8, 4) is 0 Å². The van der Waals surface area contributed by atoms with E-state index in [0.717, 1.165) is 25.7 Å². The Morgan fingerprint density at radius 1 is 1.05 bits per heavy atom. The largest absolute Gasteiger partial charge is 0.388 e. The second-order valence-corrected chi connectivity index (χ2v) is 6.27. The molecule has 0 aliphatic heterocycles. The molecule has 3 heteroatoms. The summed E-state index contributed by atoms with van der Waals surface area (Å²) in [6.07, 6.45) is 0.00931. The summed E-state index contributed by atoms with van der Waals surface area (Å²) < 4.78 is 1.13. The summed E-state index contributed by atoms with van der Waals surface area (Å²) in [7, 11) is 0. The van der Waals surface area contributed by atoms with Crippen molar-refractivity contribution in [2.75, 3.05) is 0 Å². The number of pyridine rings is 1. The van der Waals surface area contributed by atoms with Crippen LogP contribution in [0.3, 0.4) is 0 Å². The first kappa shape index (κ1) is 14.5. The zero-order valence-corrected chi connectivity index (χ0v) is 13.9. The van der Waals surface area contributed by atoms with Crippen LogP contribution in [0.1, 0.15) is 22.9 Å². The number of aryl methyl sites for hydroxylation is 1. The van der Waals surface area contributed by atoms with E-state index < -0.39 is 6.10 Å². The van der Waals surface area contributed by atoms with Crippen molar-refractivity contribution in [3.05, 3.63) is 75.0 Å². The number of fused-ring (bicyclic) bond motifs is 1. The molecular weight excluding hydrogens is 373 g/mol. The van der Waals surface area contributed by atoms with Gasteiger partial charge in [0.25, 0.3) is 0 Å². The lowest BCUT2D eigenvalue weighted by molar-refractivity contribution is 0.176. The van der Waals surface area contributed by atoms with E-state index in [1.165, 1.54) is 5.56 Å². The lowest BCUT2D eigenvalue weighted by Gasteiger charge is -2.14. The lowest BCUT2D eigenvalue weighted by atomic mass is 10.0. The minimum Gasteiger partial charge on any atom is -0.388 e. The van der Waals surface area contributed by atoms with Crippen LogP contribution in [-0.2, 0) is 6.42 Å². The number of aromatic nitrogens is 1. The van der Waals surface area contributed by atoms with Crippen molar-refractivity contribution < 1.29 is 5.11 Å². The normalized spacial score (nSPS) is 12.5. The molecule has 1 N–H and O–H groups in total. The Kier molecular flexibility index (Phi) is 4.22. The van der Waals surface area contributed by atoms with Crippen molar-refractivity contribution >= 4 is 33.5 Å². The van der Waals surface area contributed by atoms with E-state index in [4.69, 9.17) is 0 Å². The zero-order chi connectivity index (χ0) is 14.8. The molecule has 0 amide bonds. The van der Waals surface area contributed by atoms with Crippen LogP contribution in [0.5, 0.6) is 0 Å². The van der Waals surface area contributed by atoms with Gasteiger partial charge in [-0.25, -0.2) is 0 Å². The molecule has 3 rings (SSSR count). The van der Waals surface area contributed by atoms with Gasteiger partial charge in [0.05, 0.1) is 11.6 Å². The van der Waals surface area contributed by atoms with E-state index in [-0.39, 0.29) is 0 Å². The van der Waals surface area contributed by atoms with Crippen molar-refractivity contribution in [2.24, 2.45) is 0 Å². The van der Waals surface area contributed by atoms with Gasteiger partial charge in [-0.3, -0.25) is 4.98 Å². The van der Waals surface area contributed by atoms with Crippen LogP contribution in [-0.4, -0.2) is 10.1 Å². The van der Waals surface area contributed by atoms with Gasteiger partial charge < -0.3 is 5.11 Å². The highest BCUT2D eigenvalue weighted by Gasteiger charge is 2.14. The highest BCUT2D eigenvalue weighted by atomic mass is 127. The molecule has 0 aliphatic rings. The third kappa shape index (κ3) is 3.09. The summed E-state index contributed by atoms with van der Waals surface area (Å²) in [6.45, 7) is 2.06. The molecule has 0 bridgehead atoms. The van der Waals surface area contributed by atoms with Gasteiger partial charge in [-0.1, -0.05) is 42.5 Å². The van der Waals surface area contributed by atoms with Crippen molar-refractivity contribution in [1.29, 1.82) is 0 Å². The Hall–Kier alpha value is -1.46. The second-order valence-electron chi connectivity index (χ2n) is 5.19. The summed E-state index contributed by atoms with van der Waals surface area (Å²) in [5, 5.41) is 11.6. The Balaban J connectivity index is 1.89. The summed E-state index contributed by atoms with van der Waals surface area (Å²) in [4.78, 5) is 4.63. The Labute approximate surface area is 138 Å². The third-order valence-electron chi connectivity index (χ3n) is 3.64. The summed E-state index contributed by atoms with van der Waals surface area (Å²) in [6, 6.07) is 18.1. The maximum Gasteiger partial charge on any atom is 0.0855 e. The summed E-state index contributed by atoms with van der Waals surface area (Å²) >= 11 is 2.30. The molecule has 1 atom stereocenters. The number of benzene rings is 2. The molecule has 1 unspecified atom stereocenters. The maximum absolute atomic E-state index is 10.5. The average molecular weight is 389 g/mol. The number of halogens is 1. The van der Waals surface area contributed by atoms with Crippen LogP contribution < -0.4 is 0 Å².